The second-order valence-corrected chi connectivity index (χ2v) is 9.09. The fourth-order valence-electron chi connectivity index (χ4n) is 3.41. The molecule has 7 heteroatoms. The molecule has 0 spiro atoms. The third-order valence-electron chi connectivity index (χ3n) is 5.03. The summed E-state index contributed by atoms with van der Waals surface area (Å²) in [7, 11) is 0. The molecule has 140 valence electrons. The number of carbonyl (C=O) groups excluding carboxylic acids is 1. The van der Waals surface area contributed by atoms with Crippen LogP contribution in [0, 0.1) is 13.8 Å². The molecule has 0 fully saturated rings. The number of thiophene rings is 1. The lowest BCUT2D eigenvalue weighted by atomic mass is 10.0. The molecule has 0 saturated heterocycles. The number of aryl methyl sites for hydroxylation is 3. The molecule has 0 saturated carbocycles. The van der Waals surface area contributed by atoms with Gasteiger partial charge in [-0.15, -0.1) is 23.1 Å². The zero-order valence-corrected chi connectivity index (χ0v) is 17.0. The van der Waals surface area contributed by atoms with Crippen LogP contribution in [0.2, 0.25) is 0 Å². The van der Waals surface area contributed by atoms with Gasteiger partial charge in [-0.2, -0.15) is 0 Å². The Balaban J connectivity index is 1.46. The van der Waals surface area contributed by atoms with Crippen LogP contribution in [0.3, 0.4) is 0 Å². The Morgan fingerprint density at radius 1 is 1.33 bits per heavy atom. The summed E-state index contributed by atoms with van der Waals surface area (Å²) in [5, 5.41) is 3.81. The molecule has 1 amide bonds. The van der Waals surface area contributed by atoms with E-state index in [-0.39, 0.29) is 23.9 Å². The highest BCUT2D eigenvalue weighted by Crippen LogP contribution is 2.35. The van der Waals surface area contributed by atoms with Crippen LogP contribution in [0.15, 0.2) is 40.3 Å². The Labute approximate surface area is 165 Å². The summed E-state index contributed by atoms with van der Waals surface area (Å²) in [6, 6.07) is 8.27. The minimum absolute atomic E-state index is 0.0353. The summed E-state index contributed by atoms with van der Waals surface area (Å²) in [5.74, 6) is 0.964. The van der Waals surface area contributed by atoms with Crippen molar-refractivity contribution >= 4 is 39.2 Å². The van der Waals surface area contributed by atoms with Crippen LogP contribution >= 0.6 is 23.1 Å². The number of benzene rings is 1. The zero-order chi connectivity index (χ0) is 19.0. The van der Waals surface area contributed by atoms with E-state index >= 15 is 0 Å². The number of aromatic nitrogens is 2. The van der Waals surface area contributed by atoms with E-state index in [0.717, 1.165) is 27.4 Å². The van der Waals surface area contributed by atoms with Crippen molar-refractivity contribution in [2.75, 3.05) is 5.75 Å². The summed E-state index contributed by atoms with van der Waals surface area (Å²) < 4.78 is 1.55. The fourth-order valence-corrected chi connectivity index (χ4v) is 5.52. The monoisotopic (exact) mass is 399 g/mol. The second kappa shape index (κ2) is 7.48. The Kier molecular flexibility index (Phi) is 5.06. The van der Waals surface area contributed by atoms with Gasteiger partial charge < -0.3 is 5.32 Å². The van der Waals surface area contributed by atoms with Gasteiger partial charge >= 0.3 is 0 Å². The average Bonchev–Trinajstić information content (AvgIpc) is 2.96. The lowest BCUT2D eigenvalue weighted by molar-refractivity contribution is -0.122. The van der Waals surface area contributed by atoms with Gasteiger partial charge in [0.15, 0.2) is 0 Å². The van der Waals surface area contributed by atoms with E-state index in [0.29, 0.717) is 11.9 Å². The lowest BCUT2D eigenvalue weighted by Crippen LogP contribution is -2.32. The largest absolute Gasteiger partial charge is 0.349 e. The Bertz CT molecular complexity index is 1070. The van der Waals surface area contributed by atoms with E-state index in [2.05, 4.69) is 22.4 Å². The van der Waals surface area contributed by atoms with E-state index in [1.165, 1.54) is 21.8 Å². The van der Waals surface area contributed by atoms with Gasteiger partial charge in [0.2, 0.25) is 5.91 Å². The smallest absolute Gasteiger partial charge is 0.262 e. The van der Waals surface area contributed by atoms with E-state index < -0.39 is 0 Å². The molecule has 1 N–H and O–H groups in total. The van der Waals surface area contributed by atoms with Gasteiger partial charge in [-0.1, -0.05) is 18.2 Å². The summed E-state index contributed by atoms with van der Waals surface area (Å²) in [6.07, 6.45) is 2.75. The highest BCUT2D eigenvalue weighted by atomic mass is 32.2. The maximum atomic E-state index is 12.7. The van der Waals surface area contributed by atoms with Crippen molar-refractivity contribution in [3.8, 4) is 0 Å². The summed E-state index contributed by atoms with van der Waals surface area (Å²) in [6.45, 7) is 4.29. The number of carbonyl (C=O) groups is 1. The number of hydrogen-bond donors (Lipinski definition) is 1. The predicted molar refractivity (Wildman–Crippen MR) is 111 cm³/mol. The van der Waals surface area contributed by atoms with Gasteiger partial charge in [-0.3, -0.25) is 14.2 Å². The maximum Gasteiger partial charge on any atom is 0.262 e. The molecule has 1 atom stereocenters. The quantitative estimate of drug-likeness (QED) is 0.724. The zero-order valence-electron chi connectivity index (χ0n) is 15.3. The Morgan fingerprint density at radius 3 is 3.00 bits per heavy atom. The van der Waals surface area contributed by atoms with Crippen LogP contribution in [-0.4, -0.2) is 21.2 Å². The van der Waals surface area contributed by atoms with Crippen molar-refractivity contribution in [3.05, 3.63) is 57.0 Å². The van der Waals surface area contributed by atoms with E-state index in [1.54, 1.807) is 10.9 Å². The maximum absolute atomic E-state index is 12.7. The van der Waals surface area contributed by atoms with Crippen molar-refractivity contribution in [2.45, 2.75) is 44.2 Å². The van der Waals surface area contributed by atoms with Crippen LogP contribution in [-0.2, 0) is 11.3 Å². The molecule has 0 unspecified atom stereocenters. The van der Waals surface area contributed by atoms with Crippen molar-refractivity contribution in [1.29, 1.82) is 0 Å². The molecular formula is C20H21N3O2S2. The molecule has 27 heavy (non-hydrogen) atoms. The Hall–Kier alpha value is -2.12. The van der Waals surface area contributed by atoms with E-state index in [9.17, 15) is 9.59 Å². The lowest BCUT2D eigenvalue weighted by Gasteiger charge is -2.25. The van der Waals surface area contributed by atoms with Gasteiger partial charge in [-0.05, 0) is 37.5 Å². The molecule has 0 bridgehead atoms. The number of nitrogens with zero attached hydrogens (tertiary/aromatic N) is 2. The van der Waals surface area contributed by atoms with Crippen molar-refractivity contribution < 1.29 is 4.79 Å². The first kappa shape index (κ1) is 18.3. The number of nitrogens with one attached hydrogen (secondary N) is 1. The average molecular weight is 400 g/mol. The number of hydrogen-bond acceptors (Lipinski definition) is 5. The first-order valence-electron chi connectivity index (χ1n) is 9.01. The van der Waals surface area contributed by atoms with E-state index in [1.807, 2.05) is 37.7 Å². The van der Waals surface area contributed by atoms with Gasteiger partial charge in [-0.25, -0.2) is 4.98 Å². The van der Waals surface area contributed by atoms with Crippen LogP contribution in [0.1, 0.15) is 34.9 Å². The van der Waals surface area contributed by atoms with Gasteiger partial charge in [0.1, 0.15) is 4.83 Å². The van der Waals surface area contributed by atoms with Crippen molar-refractivity contribution in [3.63, 3.8) is 0 Å². The van der Waals surface area contributed by atoms with Crippen LogP contribution < -0.4 is 10.9 Å². The van der Waals surface area contributed by atoms with Gasteiger partial charge in [0.05, 0.1) is 17.8 Å². The standard InChI is InChI=1S/C20H21N3O2S2/c1-12-13(2)27-19-18(12)20(25)23(11-21-19)9-7-17(24)22-15-8-10-26-16-6-4-3-5-14(15)16/h3-6,11,15H,7-10H2,1-2H3,(H,22,24)/t15-/m1/s1. The first-order chi connectivity index (χ1) is 13.0. The third-order valence-corrected chi connectivity index (χ3v) is 7.27. The Morgan fingerprint density at radius 2 is 2.15 bits per heavy atom. The van der Waals surface area contributed by atoms with Gasteiger partial charge in [0.25, 0.3) is 5.56 Å². The number of fused-ring (bicyclic) bond motifs is 2. The van der Waals surface area contributed by atoms with Crippen molar-refractivity contribution in [2.24, 2.45) is 0 Å². The van der Waals surface area contributed by atoms with Gasteiger partial charge in [0, 0.05) is 28.5 Å². The molecule has 0 aliphatic carbocycles. The summed E-state index contributed by atoms with van der Waals surface area (Å²) >= 11 is 3.37. The minimum Gasteiger partial charge on any atom is -0.349 e. The molecule has 5 nitrogen and oxygen atoms in total. The second-order valence-electron chi connectivity index (χ2n) is 6.75. The number of rotatable bonds is 4. The molecule has 4 rings (SSSR count). The highest BCUT2D eigenvalue weighted by molar-refractivity contribution is 7.99. The molecule has 1 aliphatic heterocycles. The normalized spacial score (nSPS) is 16.3. The highest BCUT2D eigenvalue weighted by Gasteiger charge is 2.22. The SMILES string of the molecule is Cc1sc2ncn(CCC(=O)N[C@@H]3CCSc4ccccc43)c(=O)c2c1C. The molecular weight excluding hydrogens is 378 g/mol. The topological polar surface area (TPSA) is 64.0 Å². The summed E-state index contributed by atoms with van der Waals surface area (Å²) in [5.41, 5.74) is 2.11. The molecule has 2 aromatic heterocycles. The number of thioether (sulfide) groups is 1. The molecule has 3 aromatic rings. The van der Waals surface area contributed by atoms with Crippen molar-refractivity contribution in [1.82, 2.24) is 14.9 Å². The number of amides is 1. The molecule has 1 aliphatic rings. The fraction of sp³-hybridized carbons (Fsp3) is 0.350. The molecule has 3 heterocycles. The summed E-state index contributed by atoms with van der Waals surface area (Å²) in [4.78, 5) is 32.7. The van der Waals surface area contributed by atoms with Crippen LogP contribution in [0.25, 0.3) is 10.2 Å². The third kappa shape index (κ3) is 3.53. The molecule has 0 radical (unpaired) electrons. The minimum atomic E-state index is -0.0611. The van der Waals surface area contributed by atoms with E-state index in [4.69, 9.17) is 0 Å². The first-order valence-corrected chi connectivity index (χ1v) is 10.8. The van der Waals surface area contributed by atoms with Crippen LogP contribution in [0.5, 0.6) is 0 Å². The predicted octanol–water partition coefficient (Wildman–Crippen LogP) is 3.82. The molecule has 1 aromatic carbocycles. The van der Waals surface area contributed by atoms with Crippen LogP contribution in [0.4, 0.5) is 0 Å².